The van der Waals surface area contributed by atoms with Crippen molar-refractivity contribution in [3.63, 3.8) is 0 Å². The van der Waals surface area contributed by atoms with Gasteiger partial charge in [0.1, 0.15) is 0 Å². The van der Waals surface area contributed by atoms with E-state index >= 15 is 0 Å². The number of nitrogens with zero attached hydrogens (tertiary/aromatic N) is 1. The van der Waals surface area contributed by atoms with Crippen LogP contribution < -0.4 is 0 Å². The predicted octanol–water partition coefficient (Wildman–Crippen LogP) is 1.70. The third-order valence-corrected chi connectivity index (χ3v) is 1.23. The van der Waals surface area contributed by atoms with Gasteiger partial charge >= 0.3 is 6.18 Å². The molecule has 9 heavy (non-hydrogen) atoms. The van der Waals surface area contributed by atoms with Crippen molar-refractivity contribution in [1.82, 2.24) is 0 Å². The minimum Gasteiger partial charge on any atom is -0.410 e. The Bertz CT molecular complexity index is 121. The van der Waals surface area contributed by atoms with E-state index in [0.717, 1.165) is 0 Å². The first-order chi connectivity index (χ1) is 4.02. The van der Waals surface area contributed by atoms with Gasteiger partial charge in [0.25, 0.3) is 0 Å². The first-order valence-corrected chi connectivity index (χ1v) is 3.08. The number of halogens is 3. The van der Waals surface area contributed by atoms with Gasteiger partial charge in [-0.05, 0) is 6.26 Å². The van der Waals surface area contributed by atoms with E-state index in [2.05, 4.69) is 0 Å². The van der Waals surface area contributed by atoms with Crippen LogP contribution in [0.2, 0.25) is 0 Å². The van der Waals surface area contributed by atoms with Gasteiger partial charge in [0.2, 0.25) is 5.04 Å². The fourth-order valence-electron chi connectivity index (χ4n) is 0.213. The molecule has 0 fully saturated rings. The first kappa shape index (κ1) is 8.61. The molecule has 0 aromatic heterocycles. The van der Waals surface area contributed by atoms with Crippen LogP contribution in [0.3, 0.4) is 0 Å². The highest BCUT2D eigenvalue weighted by Crippen LogP contribution is 2.22. The van der Waals surface area contributed by atoms with Gasteiger partial charge in [-0.1, -0.05) is 5.16 Å². The Balaban J connectivity index is 4.14. The Kier molecular flexibility index (Phi) is 2.83. The van der Waals surface area contributed by atoms with E-state index in [4.69, 9.17) is 5.21 Å². The van der Waals surface area contributed by atoms with Gasteiger partial charge in [-0.3, -0.25) is 0 Å². The number of rotatable bonds is 0. The van der Waals surface area contributed by atoms with Crippen molar-refractivity contribution in [1.29, 1.82) is 0 Å². The van der Waals surface area contributed by atoms with E-state index in [-0.39, 0.29) is 0 Å². The highest BCUT2D eigenvalue weighted by molar-refractivity contribution is 8.13. The molecular weight excluding hydrogens is 155 g/mol. The van der Waals surface area contributed by atoms with Crippen LogP contribution in [0.5, 0.6) is 0 Å². The first-order valence-electron chi connectivity index (χ1n) is 1.85. The maximum atomic E-state index is 11.4. The van der Waals surface area contributed by atoms with E-state index in [0.29, 0.717) is 11.8 Å². The molecule has 0 atom stereocenters. The second-order valence-electron chi connectivity index (χ2n) is 1.11. The summed E-state index contributed by atoms with van der Waals surface area (Å²) >= 11 is 0.352. The molecule has 0 aromatic rings. The second kappa shape index (κ2) is 2.95. The molecule has 0 spiro atoms. The maximum Gasteiger partial charge on any atom is 0.442 e. The molecule has 54 valence electrons. The zero-order chi connectivity index (χ0) is 7.49. The lowest BCUT2D eigenvalue weighted by molar-refractivity contribution is -0.0573. The lowest BCUT2D eigenvalue weighted by Crippen LogP contribution is -2.18. The summed E-state index contributed by atoms with van der Waals surface area (Å²) in [5.74, 6) is 0. The van der Waals surface area contributed by atoms with Gasteiger partial charge in [-0.15, -0.1) is 11.8 Å². The molecule has 0 aliphatic heterocycles. The standard InChI is InChI=1S/C3H4F3NOS/c1-9-2(7-8)3(4,5)6/h8H,1H3/b7-2-. The van der Waals surface area contributed by atoms with Crippen LogP contribution in [0, 0.1) is 0 Å². The minimum absolute atomic E-state index is 0.352. The van der Waals surface area contributed by atoms with Crippen molar-refractivity contribution in [2.45, 2.75) is 6.18 Å². The average molecular weight is 159 g/mol. The second-order valence-corrected chi connectivity index (χ2v) is 1.90. The maximum absolute atomic E-state index is 11.4. The van der Waals surface area contributed by atoms with Crippen molar-refractivity contribution >= 4 is 16.8 Å². The van der Waals surface area contributed by atoms with Crippen LogP contribution in [0.25, 0.3) is 0 Å². The summed E-state index contributed by atoms with van der Waals surface area (Å²) < 4.78 is 34.2. The molecule has 0 heterocycles. The molecular formula is C3H4F3NOS. The van der Waals surface area contributed by atoms with Gasteiger partial charge in [0, 0.05) is 0 Å². The Morgan fingerprint density at radius 1 is 1.56 bits per heavy atom. The van der Waals surface area contributed by atoms with Crippen molar-refractivity contribution in [3.8, 4) is 0 Å². The normalized spacial score (nSPS) is 14.0. The van der Waals surface area contributed by atoms with Crippen LogP contribution in [-0.4, -0.2) is 22.7 Å². The molecule has 2 nitrogen and oxygen atoms in total. The van der Waals surface area contributed by atoms with E-state index < -0.39 is 11.2 Å². The molecule has 0 aromatic carbocycles. The summed E-state index contributed by atoms with van der Waals surface area (Å²) in [7, 11) is 0. The number of hydrogen-bond donors (Lipinski definition) is 1. The number of thioether (sulfide) groups is 1. The Labute approximate surface area is 53.7 Å². The van der Waals surface area contributed by atoms with Crippen molar-refractivity contribution < 1.29 is 18.4 Å². The Hall–Kier alpha value is -0.390. The summed E-state index contributed by atoms with van der Waals surface area (Å²) in [6.45, 7) is 0. The van der Waals surface area contributed by atoms with Crippen molar-refractivity contribution in [2.24, 2.45) is 5.16 Å². The van der Waals surface area contributed by atoms with Gasteiger partial charge in [0.05, 0.1) is 0 Å². The van der Waals surface area contributed by atoms with Crippen LogP contribution >= 0.6 is 11.8 Å². The largest absolute Gasteiger partial charge is 0.442 e. The molecule has 6 heteroatoms. The third-order valence-electron chi connectivity index (χ3n) is 0.527. The third kappa shape index (κ3) is 2.59. The molecule has 0 saturated carbocycles. The van der Waals surface area contributed by atoms with E-state index in [1.54, 1.807) is 0 Å². The smallest absolute Gasteiger partial charge is 0.410 e. The molecule has 0 unspecified atom stereocenters. The molecule has 0 aliphatic rings. The van der Waals surface area contributed by atoms with Gasteiger partial charge < -0.3 is 5.21 Å². The van der Waals surface area contributed by atoms with E-state index in [9.17, 15) is 13.2 Å². The minimum atomic E-state index is -4.52. The summed E-state index contributed by atoms with van der Waals surface area (Å²) in [4.78, 5) is 0. The van der Waals surface area contributed by atoms with Crippen LogP contribution in [0.15, 0.2) is 5.16 Å². The van der Waals surface area contributed by atoms with E-state index in [1.807, 2.05) is 5.16 Å². The molecule has 0 aliphatic carbocycles. The fourth-order valence-corrected chi connectivity index (χ4v) is 0.526. The van der Waals surface area contributed by atoms with Crippen LogP contribution in [0.1, 0.15) is 0 Å². The molecule has 0 rings (SSSR count). The fraction of sp³-hybridized carbons (Fsp3) is 0.667. The molecule has 0 amide bonds. The Morgan fingerprint density at radius 3 is 2.00 bits per heavy atom. The highest BCUT2D eigenvalue weighted by Gasteiger charge is 2.35. The zero-order valence-electron chi connectivity index (χ0n) is 4.44. The number of oxime groups is 1. The summed E-state index contributed by atoms with van der Waals surface area (Å²) in [5.41, 5.74) is 0. The lowest BCUT2D eigenvalue weighted by Gasteiger charge is -2.02. The van der Waals surface area contributed by atoms with Gasteiger partial charge in [-0.25, -0.2) is 0 Å². The van der Waals surface area contributed by atoms with Crippen molar-refractivity contribution in [3.05, 3.63) is 0 Å². The van der Waals surface area contributed by atoms with Gasteiger partial charge in [-0.2, -0.15) is 13.2 Å². The highest BCUT2D eigenvalue weighted by atomic mass is 32.2. The number of alkyl halides is 3. The molecule has 0 bridgehead atoms. The molecule has 0 radical (unpaired) electrons. The van der Waals surface area contributed by atoms with Crippen molar-refractivity contribution in [2.75, 3.05) is 6.26 Å². The molecule has 0 saturated heterocycles. The SMILES string of the molecule is CS/C(=N\O)C(F)(F)F. The molecule has 1 N–H and O–H groups in total. The van der Waals surface area contributed by atoms with Crippen LogP contribution in [-0.2, 0) is 0 Å². The summed E-state index contributed by atoms with van der Waals surface area (Å²) in [6, 6.07) is 0. The summed E-state index contributed by atoms with van der Waals surface area (Å²) in [5, 5.41) is 8.51. The van der Waals surface area contributed by atoms with Gasteiger partial charge in [0.15, 0.2) is 0 Å². The van der Waals surface area contributed by atoms with Crippen LogP contribution in [0.4, 0.5) is 13.2 Å². The van der Waals surface area contributed by atoms with E-state index in [1.165, 1.54) is 6.26 Å². The number of hydrogen-bond acceptors (Lipinski definition) is 3. The predicted molar refractivity (Wildman–Crippen MR) is 28.8 cm³/mol. The zero-order valence-corrected chi connectivity index (χ0v) is 5.25. The quantitative estimate of drug-likeness (QED) is 0.252. The summed E-state index contributed by atoms with van der Waals surface area (Å²) in [6.07, 6.45) is -3.34. The monoisotopic (exact) mass is 159 g/mol. The Morgan fingerprint density at radius 2 is 2.00 bits per heavy atom. The lowest BCUT2D eigenvalue weighted by atomic mass is 10.7. The topological polar surface area (TPSA) is 32.6 Å². The average Bonchev–Trinajstić information content (AvgIpc) is 1.65.